The maximum atomic E-state index is 5.28. The van der Waals surface area contributed by atoms with E-state index >= 15 is 0 Å². The Kier molecular flexibility index (Phi) is 64.2. The quantitative estimate of drug-likeness (QED) is 0.204. The summed E-state index contributed by atoms with van der Waals surface area (Å²) in [5, 5.41) is 0. The van der Waals surface area contributed by atoms with Gasteiger partial charge in [0.25, 0.3) is 0 Å². The lowest BCUT2D eigenvalue weighted by molar-refractivity contribution is -0.0686. The van der Waals surface area contributed by atoms with E-state index in [-0.39, 0.29) is 92.2 Å². The van der Waals surface area contributed by atoms with Gasteiger partial charge in [-0.1, -0.05) is 411 Å². The maximum Gasteiger partial charge on any atom is 0.0673 e. The molecule has 1 saturated heterocycles. The zero-order valence-electron chi connectivity index (χ0n) is 106. The van der Waals surface area contributed by atoms with Gasteiger partial charge in [0.2, 0.25) is 0 Å². The van der Waals surface area contributed by atoms with Crippen molar-refractivity contribution in [2.45, 2.75) is 514 Å². The Morgan fingerprint density at radius 2 is 0.479 bits per heavy atom. The molecule has 3 fully saturated rings. The Labute approximate surface area is 897 Å². The van der Waals surface area contributed by atoms with Crippen molar-refractivity contribution < 1.29 is 4.74 Å². The first kappa shape index (κ1) is 149. The number of pyridine rings is 1. The van der Waals surface area contributed by atoms with Crippen molar-refractivity contribution in [3.05, 3.63) is 66.0 Å². The Hall–Kier alpha value is -6.01. The van der Waals surface area contributed by atoms with Crippen LogP contribution in [0.2, 0.25) is 0 Å². The number of hydrogen-bond acceptors (Lipinski definition) is 2. The lowest BCUT2D eigenvalue weighted by atomic mass is 9.65. The van der Waals surface area contributed by atoms with Gasteiger partial charge in [0.05, 0.1) is 30.7 Å². The van der Waals surface area contributed by atoms with Crippen LogP contribution in [0.1, 0.15) is 526 Å². The summed E-state index contributed by atoms with van der Waals surface area (Å²) in [6.45, 7) is 145. The topological polar surface area (TPSA) is 22.1 Å². The molecule has 0 spiro atoms. The third kappa shape index (κ3) is 83.0. The van der Waals surface area contributed by atoms with Gasteiger partial charge in [-0.2, -0.15) is 0 Å². The molecule has 5 rings (SSSR count). The molecule has 0 amide bonds. The second-order valence-corrected chi connectivity index (χ2v) is 62.2. The molecule has 2 aliphatic carbocycles. The van der Waals surface area contributed by atoms with Crippen molar-refractivity contribution in [1.82, 2.24) is 4.98 Å². The van der Waals surface area contributed by atoms with Crippen molar-refractivity contribution in [2.75, 3.05) is 13.2 Å². The molecule has 10 atom stereocenters. The molecule has 2 aromatic rings. The second-order valence-electron chi connectivity index (χ2n) is 62.2. The molecule has 10 unspecified atom stereocenters. The molecular weight excluding hydrogens is 1710 g/mol. The first-order valence-electron chi connectivity index (χ1n) is 54.5. The number of benzene rings is 1. The Bertz CT molecular complexity index is 4180. The molecule has 3 heteroatoms. The summed E-state index contributed by atoms with van der Waals surface area (Å²) in [4.78, 5) is 4.44. The predicted molar refractivity (Wildman–Crippen MR) is 645 cm³/mol. The molecule has 0 N–H and O–H groups in total. The van der Waals surface area contributed by atoms with E-state index in [0.717, 1.165) is 43.6 Å². The first-order chi connectivity index (χ1) is 61.7. The van der Waals surface area contributed by atoms with E-state index in [1.165, 1.54) is 37.7 Å². The van der Waals surface area contributed by atoms with Gasteiger partial charge in [-0.25, -0.2) is 0 Å². The summed E-state index contributed by atoms with van der Waals surface area (Å²) >= 11 is 0. The first-order valence-corrected chi connectivity index (χ1v) is 54.5. The summed E-state index contributed by atoms with van der Waals surface area (Å²) in [5.74, 6) is 74.5. The van der Waals surface area contributed by atoms with Gasteiger partial charge < -0.3 is 4.74 Å². The van der Waals surface area contributed by atoms with Crippen LogP contribution < -0.4 is 0 Å². The molecule has 1 aliphatic heterocycles. The fourth-order valence-corrected chi connectivity index (χ4v) is 13.1. The van der Waals surface area contributed by atoms with Gasteiger partial charge in [0.1, 0.15) is 0 Å². The number of aromatic nitrogens is 1. The van der Waals surface area contributed by atoms with E-state index < -0.39 is 0 Å². The molecule has 809 valence electrons. The van der Waals surface area contributed by atoms with Crippen molar-refractivity contribution >= 4 is 8.41 Å². The summed E-state index contributed by atoms with van der Waals surface area (Å²) in [5.41, 5.74) is 6.33. The van der Waals surface area contributed by atoms with Gasteiger partial charge in [-0.05, 0) is 330 Å². The third-order valence-electron chi connectivity index (χ3n) is 23.5. The molecule has 2 heterocycles. The van der Waals surface area contributed by atoms with Gasteiger partial charge in [-0.3, -0.25) is 4.98 Å². The minimum Gasteiger partial charge on any atom is -0.381 e. The summed E-state index contributed by atoms with van der Waals surface area (Å²) in [6, 6.07) is 16.6. The number of nitrogens with zero attached hydrogens (tertiary/aromatic N) is 1. The standard InChI is InChI=1S/C17H24.C16H23N.C15H26.C14H24O.C14H24.2C13H24.3C12H22.CH4.B/c1-16(2,3)13-12-15(17(4,5)6)14-10-8-7-9-11-14;1-15(2,3)11-10-13(16(4,5)6)14-9-7-8-12-17-14;1-14(2,3)11-10-13(15(4,5)6)12-8-7-9-12;1-13(2,3)8-7-12(14(4,5)6)11-9-15-10-11;1-13(2,3)10-9-12(11-7-8-11)14(4,5)6;2*1-8-11(13(5,6)7)9-10-12(2,3)4;3*1-10(12(5,6)7)8-9-11(2,3)4;;/h7-11,15H,1-6H3;7-9,12-13H,1-6H3;12-13H,7-9H2,1-6H3;11-12H,9-10H2,1-6H3;11-12H,7-8H2,1-6H3;2*11H,8H2,1-7H3;3*10H,1-7H3;1H4;. The predicted octanol–water partition coefficient (Wildman–Crippen LogP) is 40.7. The van der Waals surface area contributed by atoms with Crippen LogP contribution in [0.4, 0.5) is 0 Å². The average molecular weight is 1950 g/mol. The van der Waals surface area contributed by atoms with Crippen molar-refractivity contribution in [3.63, 3.8) is 0 Å². The van der Waals surface area contributed by atoms with Crippen LogP contribution in [0, 0.1) is 292 Å². The van der Waals surface area contributed by atoms with Crippen LogP contribution in [-0.4, -0.2) is 26.6 Å². The van der Waals surface area contributed by atoms with Gasteiger partial charge in [0, 0.05) is 122 Å². The Morgan fingerprint density at radius 1 is 0.254 bits per heavy atom. The fraction of sp³-hybridized carbons (Fsp3) is 0.777. The third-order valence-corrected chi connectivity index (χ3v) is 23.5. The minimum absolute atomic E-state index is 0. The highest BCUT2D eigenvalue weighted by molar-refractivity contribution is 5.75. The van der Waals surface area contributed by atoms with Gasteiger partial charge in [0.15, 0.2) is 0 Å². The highest BCUT2D eigenvalue weighted by Crippen LogP contribution is 2.47. The van der Waals surface area contributed by atoms with E-state index in [1.807, 2.05) is 18.3 Å². The van der Waals surface area contributed by atoms with Crippen molar-refractivity contribution in [3.8, 4) is 118 Å². The number of ether oxygens (including phenoxy) is 1. The molecule has 142 heavy (non-hydrogen) atoms. The molecule has 2 nitrogen and oxygen atoms in total. The smallest absolute Gasteiger partial charge is 0.0673 e. The van der Waals surface area contributed by atoms with Crippen LogP contribution in [0.25, 0.3) is 0 Å². The Morgan fingerprint density at radius 3 is 0.662 bits per heavy atom. The van der Waals surface area contributed by atoms with E-state index in [1.54, 1.807) is 0 Å². The van der Waals surface area contributed by atoms with E-state index in [2.05, 4.69) is 610 Å². The second kappa shape index (κ2) is 61.2. The van der Waals surface area contributed by atoms with E-state index in [4.69, 9.17) is 4.74 Å². The fourth-order valence-electron chi connectivity index (χ4n) is 13.1. The van der Waals surface area contributed by atoms with Crippen LogP contribution >= 0.6 is 0 Å². The van der Waals surface area contributed by atoms with Crippen LogP contribution in [0.3, 0.4) is 0 Å². The lowest BCUT2D eigenvalue weighted by Gasteiger charge is -2.38. The number of hydrogen-bond donors (Lipinski definition) is 0. The molecule has 3 aliphatic rings. The normalized spacial score (nSPS) is 16.0. The zero-order valence-corrected chi connectivity index (χ0v) is 106. The van der Waals surface area contributed by atoms with E-state index in [0.29, 0.717) is 97.1 Å². The molecule has 1 aromatic carbocycles. The van der Waals surface area contributed by atoms with Gasteiger partial charge >= 0.3 is 0 Å². The van der Waals surface area contributed by atoms with Crippen molar-refractivity contribution in [1.29, 1.82) is 0 Å². The Balaban J connectivity index is -0.000000286. The van der Waals surface area contributed by atoms with Gasteiger partial charge in [-0.15, -0.1) is 0 Å². The minimum atomic E-state index is 0. The molecule has 3 radical (unpaired) electrons. The highest BCUT2D eigenvalue weighted by atomic mass is 16.5. The summed E-state index contributed by atoms with van der Waals surface area (Å²) in [7, 11) is 0. The van der Waals surface area contributed by atoms with Crippen LogP contribution in [-0.2, 0) is 4.74 Å². The summed E-state index contributed by atoms with van der Waals surface area (Å²) < 4.78 is 5.28. The van der Waals surface area contributed by atoms with Crippen molar-refractivity contribution in [2.24, 2.45) is 173 Å². The SMILES string of the molecule is C.CC(C#CC(C)(C)C)C(C)(C)C.CC(C#CC(C)(C)C)C(C)(C)C.CC(C#CC(C)(C)C)C(C)(C)C.CC(C)(C)C#CC(C1CC1)C(C)(C)C.CC(C)(C)C#CC(C1CCC1)C(C)(C)C.CC(C)(C)C#CC(C1COC1)C(C)(C)C.CC(C)(C)C#CC(c1ccccc1)C(C)(C)C.CC(C)(C)C#CC(c1ccccn1)C(C)(C)C.CCC(C#CC(C)(C)C)C(C)(C)C.CCC(C#CC(C)(C)C)C(C)(C)C.[B]. The molecular formula is C139H239BNO. The average Bonchev–Trinajstić information content (AvgIpc) is 1.51. The highest BCUT2D eigenvalue weighted by Gasteiger charge is 2.40. The summed E-state index contributed by atoms with van der Waals surface area (Å²) in [6.07, 6.45) is 11.1. The van der Waals surface area contributed by atoms with Crippen LogP contribution in [0.15, 0.2) is 54.7 Å². The molecule has 0 bridgehead atoms. The zero-order chi connectivity index (χ0) is 112. The lowest BCUT2D eigenvalue weighted by Crippen LogP contribution is -2.39. The number of rotatable bonds is 7. The largest absolute Gasteiger partial charge is 0.381 e. The van der Waals surface area contributed by atoms with Crippen LogP contribution in [0.5, 0.6) is 0 Å². The molecule has 2 saturated carbocycles. The monoisotopic (exact) mass is 1950 g/mol. The maximum absolute atomic E-state index is 5.28. The molecule has 1 aromatic heterocycles. The van der Waals surface area contributed by atoms with E-state index in [9.17, 15) is 0 Å².